The average molecular weight is 489 g/mol. The predicted octanol–water partition coefficient (Wildman–Crippen LogP) is -2.89. The lowest BCUT2D eigenvalue weighted by molar-refractivity contribution is -0.143. The second kappa shape index (κ2) is 14.4. The van der Waals surface area contributed by atoms with Crippen molar-refractivity contribution in [2.45, 2.75) is 70.1 Å². The molecule has 4 unspecified atom stereocenters. The molecule has 0 heterocycles. The molecule has 34 heavy (non-hydrogen) atoms. The van der Waals surface area contributed by atoms with Gasteiger partial charge in [-0.15, -0.1) is 0 Å². The molecule has 4 atom stereocenters. The molecule has 10 N–H and O–H groups in total. The topological polar surface area (TPSA) is 268 Å². The van der Waals surface area contributed by atoms with Crippen LogP contribution in [0.2, 0.25) is 0 Å². The lowest BCUT2D eigenvalue weighted by atomic mass is 10.0. The summed E-state index contributed by atoms with van der Waals surface area (Å²) < 4.78 is 0. The van der Waals surface area contributed by atoms with E-state index < -0.39 is 90.9 Å². The summed E-state index contributed by atoms with van der Waals surface area (Å²) in [5.41, 5.74) is 10.5. The molecule has 15 nitrogen and oxygen atoms in total. The van der Waals surface area contributed by atoms with Crippen molar-refractivity contribution in [3.63, 3.8) is 0 Å². The largest absolute Gasteiger partial charge is 0.481 e. The van der Waals surface area contributed by atoms with Gasteiger partial charge in [-0.05, 0) is 18.8 Å². The Bertz CT molecular complexity index is 800. The van der Waals surface area contributed by atoms with Crippen LogP contribution in [0, 0.1) is 5.92 Å². The van der Waals surface area contributed by atoms with E-state index in [0.29, 0.717) is 0 Å². The van der Waals surface area contributed by atoms with Crippen molar-refractivity contribution >= 4 is 41.5 Å². The first-order valence-corrected chi connectivity index (χ1v) is 10.3. The zero-order chi connectivity index (χ0) is 26.6. The number of nitrogens with two attached hydrogens (primary N) is 2. The second-order valence-corrected chi connectivity index (χ2v) is 7.83. The van der Waals surface area contributed by atoms with E-state index in [1.165, 1.54) is 0 Å². The molecule has 0 aliphatic carbocycles. The Balaban J connectivity index is 5.52. The molecule has 0 aliphatic heterocycles. The Labute approximate surface area is 194 Å². The van der Waals surface area contributed by atoms with E-state index in [1.54, 1.807) is 13.8 Å². The maximum absolute atomic E-state index is 12.8. The zero-order valence-corrected chi connectivity index (χ0v) is 18.8. The fourth-order valence-corrected chi connectivity index (χ4v) is 2.69. The van der Waals surface area contributed by atoms with Gasteiger partial charge in [0.1, 0.15) is 18.1 Å². The van der Waals surface area contributed by atoms with Crippen LogP contribution in [0.1, 0.15) is 46.0 Å². The summed E-state index contributed by atoms with van der Waals surface area (Å²) in [6.07, 6.45) is -2.33. The van der Waals surface area contributed by atoms with Crippen molar-refractivity contribution in [2.75, 3.05) is 0 Å². The molecule has 0 spiro atoms. The molecule has 0 aromatic rings. The summed E-state index contributed by atoms with van der Waals surface area (Å²) in [6.45, 7) is 3.09. The summed E-state index contributed by atoms with van der Waals surface area (Å²) in [5, 5.41) is 33.6. The van der Waals surface area contributed by atoms with Gasteiger partial charge in [-0.25, -0.2) is 4.79 Å². The number of carboxylic acid groups (broad SMARTS) is 3. The standard InChI is InChI=1S/C19H31N5O10/c1-8(2)15(24-16(30)9(20)7-14(28)29)18(32)22-10(4-6-13(26)27)17(31)23-11(19(33)34)3-5-12(21)25/h8-11,15H,3-7,20H2,1-2H3,(H2,21,25)(H,22,32)(H,23,31)(H,24,30)(H,26,27)(H,28,29)(H,33,34). The first-order valence-electron chi connectivity index (χ1n) is 10.3. The Kier molecular flexibility index (Phi) is 12.8. The molecular formula is C19H31N5O10. The van der Waals surface area contributed by atoms with E-state index in [0.717, 1.165) is 0 Å². The summed E-state index contributed by atoms with van der Waals surface area (Å²) in [7, 11) is 0. The van der Waals surface area contributed by atoms with Crippen LogP contribution in [0.4, 0.5) is 0 Å². The van der Waals surface area contributed by atoms with Crippen LogP contribution in [0.15, 0.2) is 0 Å². The Hall–Kier alpha value is -3.75. The van der Waals surface area contributed by atoms with E-state index in [4.69, 9.17) is 21.7 Å². The molecule has 0 saturated carbocycles. The first kappa shape index (κ1) is 30.2. The normalized spacial score (nSPS) is 14.2. The van der Waals surface area contributed by atoms with Gasteiger partial charge in [-0.3, -0.25) is 28.8 Å². The second-order valence-electron chi connectivity index (χ2n) is 7.83. The van der Waals surface area contributed by atoms with E-state index in [1.807, 2.05) is 0 Å². The molecule has 0 saturated heterocycles. The van der Waals surface area contributed by atoms with Crippen molar-refractivity contribution in [2.24, 2.45) is 17.4 Å². The molecule has 0 aromatic carbocycles. The summed E-state index contributed by atoms with van der Waals surface area (Å²) >= 11 is 0. The summed E-state index contributed by atoms with van der Waals surface area (Å²) in [6, 6.07) is -5.74. The van der Waals surface area contributed by atoms with Gasteiger partial charge in [-0.1, -0.05) is 13.8 Å². The monoisotopic (exact) mass is 489 g/mol. The van der Waals surface area contributed by atoms with E-state index >= 15 is 0 Å². The lowest BCUT2D eigenvalue weighted by Gasteiger charge is -2.26. The molecular weight excluding hydrogens is 458 g/mol. The number of primary amides is 1. The quantitative estimate of drug-likeness (QED) is 0.109. The van der Waals surface area contributed by atoms with E-state index in [-0.39, 0.29) is 12.8 Å². The molecule has 0 rings (SSSR count). The third kappa shape index (κ3) is 11.8. The van der Waals surface area contributed by atoms with Crippen molar-refractivity contribution in [3.8, 4) is 0 Å². The first-order chi connectivity index (χ1) is 15.6. The van der Waals surface area contributed by atoms with Crippen LogP contribution >= 0.6 is 0 Å². The van der Waals surface area contributed by atoms with Gasteiger partial charge < -0.3 is 42.7 Å². The highest BCUT2D eigenvalue weighted by Crippen LogP contribution is 2.07. The molecule has 0 aliphatic rings. The van der Waals surface area contributed by atoms with Crippen molar-refractivity contribution in [1.29, 1.82) is 0 Å². The van der Waals surface area contributed by atoms with Gasteiger partial charge >= 0.3 is 17.9 Å². The Morgan fingerprint density at radius 1 is 0.735 bits per heavy atom. The Morgan fingerprint density at radius 3 is 1.71 bits per heavy atom. The van der Waals surface area contributed by atoms with Gasteiger partial charge in [-0.2, -0.15) is 0 Å². The zero-order valence-electron chi connectivity index (χ0n) is 18.8. The predicted molar refractivity (Wildman–Crippen MR) is 114 cm³/mol. The maximum atomic E-state index is 12.8. The molecule has 0 radical (unpaired) electrons. The number of hydrogen-bond acceptors (Lipinski definition) is 8. The number of carbonyl (C=O) groups excluding carboxylic acids is 4. The summed E-state index contributed by atoms with van der Waals surface area (Å²) in [5.74, 6) is -8.30. The molecule has 192 valence electrons. The van der Waals surface area contributed by atoms with Gasteiger partial charge in [0.15, 0.2) is 0 Å². The minimum atomic E-state index is -1.53. The average Bonchev–Trinajstić information content (AvgIpc) is 2.70. The number of hydrogen-bond donors (Lipinski definition) is 8. The maximum Gasteiger partial charge on any atom is 0.326 e. The fraction of sp³-hybridized carbons (Fsp3) is 0.632. The third-order valence-corrected chi connectivity index (χ3v) is 4.55. The number of carbonyl (C=O) groups is 7. The van der Waals surface area contributed by atoms with Crippen molar-refractivity contribution in [3.05, 3.63) is 0 Å². The molecule has 15 heteroatoms. The van der Waals surface area contributed by atoms with Crippen molar-refractivity contribution in [1.82, 2.24) is 16.0 Å². The van der Waals surface area contributed by atoms with Crippen molar-refractivity contribution < 1.29 is 48.9 Å². The van der Waals surface area contributed by atoms with E-state index in [9.17, 15) is 38.7 Å². The van der Waals surface area contributed by atoms with Gasteiger partial charge in [0.05, 0.1) is 12.5 Å². The number of aliphatic carboxylic acids is 3. The number of carboxylic acids is 3. The smallest absolute Gasteiger partial charge is 0.326 e. The van der Waals surface area contributed by atoms with Crippen LogP contribution in [-0.2, 0) is 33.6 Å². The minimum Gasteiger partial charge on any atom is -0.481 e. The van der Waals surface area contributed by atoms with Gasteiger partial charge in [0, 0.05) is 12.8 Å². The number of nitrogens with one attached hydrogen (secondary N) is 3. The van der Waals surface area contributed by atoms with Gasteiger partial charge in [0.2, 0.25) is 23.6 Å². The molecule has 0 bridgehead atoms. The minimum absolute atomic E-state index is 0.331. The van der Waals surface area contributed by atoms with Crippen LogP contribution in [0.25, 0.3) is 0 Å². The highest BCUT2D eigenvalue weighted by atomic mass is 16.4. The third-order valence-electron chi connectivity index (χ3n) is 4.55. The Morgan fingerprint density at radius 2 is 1.26 bits per heavy atom. The van der Waals surface area contributed by atoms with E-state index in [2.05, 4.69) is 16.0 Å². The molecule has 4 amide bonds. The molecule has 0 fully saturated rings. The number of rotatable bonds is 16. The van der Waals surface area contributed by atoms with Crippen LogP contribution in [-0.4, -0.2) is 81.0 Å². The fourth-order valence-electron chi connectivity index (χ4n) is 2.69. The van der Waals surface area contributed by atoms with Crippen LogP contribution in [0.3, 0.4) is 0 Å². The molecule has 0 aromatic heterocycles. The number of amides is 4. The van der Waals surface area contributed by atoms with Crippen LogP contribution in [0.5, 0.6) is 0 Å². The highest BCUT2D eigenvalue weighted by Gasteiger charge is 2.32. The SMILES string of the molecule is CC(C)C(NC(=O)C(N)CC(=O)O)C(=O)NC(CCC(=O)O)C(=O)NC(CCC(N)=O)C(=O)O. The highest BCUT2D eigenvalue weighted by molar-refractivity contribution is 5.95. The van der Waals surface area contributed by atoms with Crippen LogP contribution < -0.4 is 27.4 Å². The van der Waals surface area contributed by atoms with Gasteiger partial charge in [0.25, 0.3) is 0 Å². The lowest BCUT2D eigenvalue weighted by Crippen LogP contribution is -2.58. The summed E-state index contributed by atoms with van der Waals surface area (Å²) in [4.78, 5) is 81.5.